The van der Waals surface area contributed by atoms with Crippen molar-refractivity contribution in [2.45, 2.75) is 25.8 Å². The van der Waals surface area contributed by atoms with Gasteiger partial charge in [0.1, 0.15) is 5.69 Å². The minimum Gasteiger partial charge on any atom is -0.479 e. The molecule has 0 bridgehead atoms. The molecule has 2 atom stereocenters. The quantitative estimate of drug-likeness (QED) is 0.194. The molecule has 0 saturated carbocycles. The van der Waals surface area contributed by atoms with Crippen molar-refractivity contribution in [2.24, 2.45) is 11.1 Å². The van der Waals surface area contributed by atoms with E-state index in [0.717, 1.165) is 11.3 Å². The van der Waals surface area contributed by atoms with Gasteiger partial charge in [0, 0.05) is 11.8 Å². The number of aromatic nitrogens is 1. The predicted octanol–water partition coefficient (Wildman–Crippen LogP) is -0.539. The summed E-state index contributed by atoms with van der Waals surface area (Å²) in [5.41, 5.74) is 3.72. The summed E-state index contributed by atoms with van der Waals surface area (Å²) in [6.45, 7) is 0.695. The number of amides is 1. The van der Waals surface area contributed by atoms with Gasteiger partial charge in [0.2, 0.25) is 6.58 Å². The van der Waals surface area contributed by atoms with Crippen LogP contribution in [-0.2, 0) is 33.9 Å². The zero-order chi connectivity index (χ0) is 22.1. The lowest BCUT2D eigenvalue weighted by Crippen LogP contribution is -2.68. The van der Waals surface area contributed by atoms with Gasteiger partial charge in [0.25, 0.3) is 5.91 Å². The molecule has 1 aliphatic heterocycles. The standard InChI is InChI=1S/C13H16N4O9S2/c1-13(2)6(11(21)17(13)26-28(22,23)24)3-8(18)10(16-25-4-9(19)20)7-5-27-12(14)15-7/h5-6H,3-4H2,1-2H3,(H2,14,15)(H,19,20)(H,22,23,24)/b16-10-/t6-/m1/s1/i4D/t4-,6+/m0. The van der Waals surface area contributed by atoms with E-state index >= 15 is 0 Å². The number of nitrogen functional groups attached to an aromatic ring is 1. The number of nitrogens with two attached hydrogens (primary N) is 1. The fourth-order valence-corrected chi connectivity index (χ4v) is 3.41. The largest absolute Gasteiger partial charge is 0.479 e. The van der Waals surface area contributed by atoms with Crippen LogP contribution in [-0.4, -0.2) is 63.6 Å². The van der Waals surface area contributed by atoms with Crippen molar-refractivity contribution in [3.63, 3.8) is 0 Å². The highest BCUT2D eigenvalue weighted by molar-refractivity contribution is 7.80. The average Bonchev–Trinajstić information content (AvgIpc) is 3.02. The summed E-state index contributed by atoms with van der Waals surface area (Å²) in [5.74, 6) is -4.38. The van der Waals surface area contributed by atoms with Crippen molar-refractivity contribution in [3.05, 3.63) is 11.1 Å². The Labute approximate surface area is 164 Å². The van der Waals surface area contributed by atoms with Gasteiger partial charge in [0.05, 0.1) is 12.8 Å². The maximum Gasteiger partial charge on any atom is 0.418 e. The number of aliphatic carboxylic acids is 1. The van der Waals surface area contributed by atoms with E-state index in [4.69, 9.17) is 16.8 Å². The number of anilines is 1. The molecular formula is C13H16N4O9S2. The third-order valence-corrected chi connectivity index (χ3v) is 4.77. The Kier molecular flexibility index (Phi) is 5.59. The zero-order valence-corrected chi connectivity index (χ0v) is 16.1. The van der Waals surface area contributed by atoms with Crippen LogP contribution >= 0.6 is 11.3 Å². The second-order valence-electron chi connectivity index (χ2n) is 6.04. The minimum absolute atomic E-state index is 0.0503. The summed E-state index contributed by atoms with van der Waals surface area (Å²) in [6, 6.07) is 0. The molecule has 1 fully saturated rings. The van der Waals surface area contributed by atoms with E-state index in [-0.39, 0.29) is 10.8 Å². The van der Waals surface area contributed by atoms with E-state index in [1.807, 2.05) is 0 Å². The number of nitrogens with zero attached hydrogens (tertiary/aromatic N) is 3. The molecule has 13 nitrogen and oxygen atoms in total. The van der Waals surface area contributed by atoms with Crippen LogP contribution in [0.15, 0.2) is 10.5 Å². The average molecular weight is 437 g/mol. The monoisotopic (exact) mass is 437 g/mol. The van der Waals surface area contributed by atoms with E-state index in [1.54, 1.807) is 0 Å². The number of hydrogen-bond donors (Lipinski definition) is 3. The van der Waals surface area contributed by atoms with Crippen LogP contribution in [0.4, 0.5) is 5.13 Å². The number of carbonyl (C=O) groups is 3. The van der Waals surface area contributed by atoms with Crippen molar-refractivity contribution < 1.29 is 43.0 Å². The summed E-state index contributed by atoms with van der Waals surface area (Å²) in [5, 5.41) is 13.9. The Balaban J connectivity index is 2.23. The Morgan fingerprint density at radius 2 is 2.18 bits per heavy atom. The number of oxime groups is 1. The number of hydrogen-bond acceptors (Lipinski definition) is 11. The lowest BCUT2D eigenvalue weighted by Gasteiger charge is -2.50. The summed E-state index contributed by atoms with van der Waals surface area (Å²) < 4.78 is 41.8. The highest BCUT2D eigenvalue weighted by atomic mass is 32.3. The Morgan fingerprint density at radius 3 is 2.64 bits per heavy atom. The van der Waals surface area contributed by atoms with Gasteiger partial charge >= 0.3 is 16.4 Å². The number of ketones is 1. The molecule has 0 aromatic carbocycles. The molecule has 1 aliphatic rings. The topological polar surface area (TPSA) is 199 Å². The molecular weight excluding hydrogens is 420 g/mol. The Bertz CT molecular complexity index is 975. The molecule has 0 radical (unpaired) electrons. The number of carbonyl (C=O) groups excluding carboxylic acids is 2. The first-order chi connectivity index (χ1) is 13.2. The number of carboxylic acid groups (broad SMARTS) is 1. The van der Waals surface area contributed by atoms with Crippen LogP contribution in [0.25, 0.3) is 0 Å². The third kappa shape index (κ3) is 4.80. The first kappa shape index (κ1) is 20.1. The van der Waals surface area contributed by atoms with Gasteiger partial charge in [-0.2, -0.15) is 13.5 Å². The highest BCUT2D eigenvalue weighted by Gasteiger charge is 2.57. The molecule has 1 aromatic rings. The van der Waals surface area contributed by atoms with Crippen molar-refractivity contribution in [3.8, 4) is 0 Å². The first-order valence-corrected chi connectivity index (χ1v) is 9.63. The molecule has 2 heterocycles. The minimum atomic E-state index is -4.95. The number of carboxylic acids is 1. The van der Waals surface area contributed by atoms with Crippen molar-refractivity contribution >= 4 is 50.2 Å². The lowest BCUT2D eigenvalue weighted by molar-refractivity contribution is -0.228. The lowest BCUT2D eigenvalue weighted by atomic mass is 9.74. The number of hydroxylamine groups is 2. The van der Waals surface area contributed by atoms with Gasteiger partial charge < -0.3 is 15.7 Å². The second-order valence-corrected chi connectivity index (χ2v) is 7.94. The molecule has 1 amide bonds. The molecule has 0 spiro atoms. The molecule has 0 aliphatic carbocycles. The molecule has 154 valence electrons. The van der Waals surface area contributed by atoms with Crippen LogP contribution < -0.4 is 5.73 Å². The summed E-state index contributed by atoms with van der Waals surface area (Å²) in [6.07, 6.45) is -0.494. The summed E-state index contributed by atoms with van der Waals surface area (Å²) >= 11 is 0.962. The highest BCUT2D eigenvalue weighted by Crippen LogP contribution is 2.40. The molecule has 15 heteroatoms. The Morgan fingerprint density at radius 1 is 1.54 bits per heavy atom. The zero-order valence-electron chi connectivity index (χ0n) is 15.4. The van der Waals surface area contributed by atoms with Crippen LogP contribution in [0.2, 0.25) is 0 Å². The fourth-order valence-electron chi connectivity index (χ4n) is 2.41. The molecule has 4 N–H and O–H groups in total. The van der Waals surface area contributed by atoms with Crippen LogP contribution in [0.1, 0.15) is 27.3 Å². The maximum absolute atomic E-state index is 12.7. The molecule has 0 unspecified atom stereocenters. The van der Waals surface area contributed by atoms with Crippen molar-refractivity contribution in [1.82, 2.24) is 10.0 Å². The first-order valence-electron chi connectivity index (χ1n) is 7.96. The van der Waals surface area contributed by atoms with Gasteiger partial charge in [-0.1, -0.05) is 5.16 Å². The number of thiazole rings is 1. The predicted molar refractivity (Wildman–Crippen MR) is 93.3 cm³/mol. The van der Waals surface area contributed by atoms with E-state index in [2.05, 4.69) is 19.3 Å². The molecule has 28 heavy (non-hydrogen) atoms. The fraction of sp³-hybridized carbons (Fsp3) is 0.462. The van der Waals surface area contributed by atoms with Gasteiger partial charge in [-0.3, -0.25) is 14.1 Å². The molecule has 1 saturated heterocycles. The van der Waals surface area contributed by atoms with E-state index in [9.17, 15) is 22.8 Å². The second kappa shape index (κ2) is 7.78. The van der Waals surface area contributed by atoms with Crippen molar-refractivity contribution in [2.75, 3.05) is 12.3 Å². The third-order valence-electron chi connectivity index (χ3n) is 3.76. The molecule has 1 aromatic heterocycles. The van der Waals surface area contributed by atoms with Gasteiger partial charge in [0.15, 0.2) is 16.6 Å². The number of rotatable bonds is 9. The van der Waals surface area contributed by atoms with Crippen LogP contribution in [0.5, 0.6) is 0 Å². The van der Waals surface area contributed by atoms with Crippen LogP contribution in [0.3, 0.4) is 0 Å². The van der Waals surface area contributed by atoms with E-state index in [0.29, 0.717) is 5.06 Å². The summed E-state index contributed by atoms with van der Waals surface area (Å²) in [4.78, 5) is 43.9. The van der Waals surface area contributed by atoms with Crippen molar-refractivity contribution in [1.29, 1.82) is 0 Å². The summed E-state index contributed by atoms with van der Waals surface area (Å²) in [7, 11) is -4.95. The Hall–Kier alpha value is -2.62. The maximum atomic E-state index is 12.7. The molecule has 2 rings (SSSR count). The van der Waals surface area contributed by atoms with Gasteiger partial charge in [-0.05, 0) is 13.8 Å². The smallest absolute Gasteiger partial charge is 0.418 e. The van der Waals surface area contributed by atoms with Crippen LogP contribution in [0, 0.1) is 5.92 Å². The number of β-lactam (4-membered cyclic amide) rings is 1. The van der Waals surface area contributed by atoms with E-state index in [1.165, 1.54) is 19.2 Å². The normalized spacial score (nSPS) is 20.9. The van der Waals surface area contributed by atoms with Gasteiger partial charge in [-0.25, -0.2) is 9.78 Å². The van der Waals surface area contributed by atoms with E-state index < -0.39 is 58.2 Å². The number of Topliss-reactive ketones (excluding diaryl/α,β-unsaturated/α-hetero) is 1. The van der Waals surface area contributed by atoms with Gasteiger partial charge in [-0.15, -0.1) is 15.6 Å². The SMILES string of the molecule is [2H][C@H](O/N=C(\C(=O)C[C@@H]1C(=O)N(OS(=O)(=O)O)C1(C)C)c1csc(N)n1)C(=O)O.